The molecule has 2 N–H and O–H groups in total. The van der Waals surface area contributed by atoms with Crippen LogP contribution in [-0.2, 0) is 0 Å². The first-order valence-electron chi connectivity index (χ1n) is 6.43. The third-order valence-corrected chi connectivity index (χ3v) is 4.32. The first-order chi connectivity index (χ1) is 8.70. The Labute approximate surface area is 113 Å². The summed E-state index contributed by atoms with van der Waals surface area (Å²) >= 11 is 1.91. The summed E-state index contributed by atoms with van der Waals surface area (Å²) in [5, 5.41) is 12.9. The maximum absolute atomic E-state index is 9.41. The molecule has 0 aromatic heterocycles. The number of aliphatic hydroxyl groups excluding tert-OH is 1. The summed E-state index contributed by atoms with van der Waals surface area (Å²) < 4.78 is 5.31. The van der Waals surface area contributed by atoms with Gasteiger partial charge in [0.1, 0.15) is 5.75 Å². The minimum Gasteiger partial charge on any atom is -0.497 e. The number of aliphatic hydroxyl groups is 1. The first kappa shape index (κ1) is 13.7. The number of hydrogen-bond acceptors (Lipinski definition) is 4. The van der Waals surface area contributed by atoms with Gasteiger partial charge in [-0.2, -0.15) is 0 Å². The lowest BCUT2D eigenvalue weighted by Crippen LogP contribution is -2.28. The van der Waals surface area contributed by atoms with Gasteiger partial charge < -0.3 is 15.2 Å². The highest BCUT2D eigenvalue weighted by molar-refractivity contribution is 7.99. The lowest BCUT2D eigenvalue weighted by Gasteiger charge is -2.20. The lowest BCUT2D eigenvalue weighted by molar-refractivity contribution is 0.185. The molecule has 1 aromatic rings. The smallest absolute Gasteiger partial charge is 0.119 e. The van der Waals surface area contributed by atoms with Crippen molar-refractivity contribution in [2.45, 2.75) is 36.8 Å². The van der Waals surface area contributed by atoms with E-state index in [-0.39, 0.29) is 6.10 Å². The van der Waals surface area contributed by atoms with Gasteiger partial charge in [-0.1, -0.05) is 0 Å². The Bertz CT molecular complexity index is 395. The fourth-order valence-corrected chi connectivity index (χ4v) is 3.27. The van der Waals surface area contributed by atoms with E-state index in [1.54, 1.807) is 7.11 Å². The van der Waals surface area contributed by atoms with Crippen molar-refractivity contribution in [3.05, 3.63) is 23.8 Å². The zero-order valence-corrected chi connectivity index (χ0v) is 11.8. The van der Waals surface area contributed by atoms with Crippen molar-refractivity contribution in [3.63, 3.8) is 0 Å². The molecule has 0 saturated carbocycles. The van der Waals surface area contributed by atoms with Gasteiger partial charge >= 0.3 is 0 Å². The largest absolute Gasteiger partial charge is 0.497 e. The van der Waals surface area contributed by atoms with Gasteiger partial charge in [-0.25, -0.2) is 0 Å². The minimum absolute atomic E-state index is 0.310. The number of benzene rings is 1. The predicted octanol–water partition coefficient (Wildman–Crippen LogP) is 2.59. The Kier molecular flexibility index (Phi) is 4.92. The van der Waals surface area contributed by atoms with Crippen molar-refractivity contribution in [1.29, 1.82) is 0 Å². The van der Waals surface area contributed by atoms with E-state index in [1.165, 1.54) is 16.9 Å². The number of ether oxygens (including phenoxy) is 1. The molecule has 3 nitrogen and oxygen atoms in total. The molecule has 1 heterocycles. The summed E-state index contributed by atoms with van der Waals surface area (Å²) in [6.45, 7) is 2.44. The molecule has 0 saturated heterocycles. The Morgan fingerprint density at radius 2 is 2.39 bits per heavy atom. The van der Waals surface area contributed by atoms with Crippen molar-refractivity contribution >= 4 is 11.8 Å². The SMILES string of the molecule is COc1ccc2c(c1)C(NC[C@@H](C)O)CCCS2. The molecule has 0 fully saturated rings. The van der Waals surface area contributed by atoms with Crippen LogP contribution >= 0.6 is 11.8 Å². The van der Waals surface area contributed by atoms with Gasteiger partial charge in [0.05, 0.1) is 13.2 Å². The molecule has 1 aliphatic heterocycles. The Balaban J connectivity index is 2.21. The number of methoxy groups -OCH3 is 1. The monoisotopic (exact) mass is 267 g/mol. The molecule has 1 aromatic carbocycles. The molecule has 1 aliphatic rings. The van der Waals surface area contributed by atoms with Gasteiger partial charge in [0.15, 0.2) is 0 Å². The van der Waals surface area contributed by atoms with Crippen molar-refractivity contribution in [2.75, 3.05) is 19.4 Å². The molecule has 1 unspecified atom stereocenters. The second kappa shape index (κ2) is 6.45. The van der Waals surface area contributed by atoms with E-state index in [4.69, 9.17) is 4.74 Å². The molecule has 0 bridgehead atoms. The van der Waals surface area contributed by atoms with Crippen molar-refractivity contribution in [2.24, 2.45) is 0 Å². The standard InChI is InChI=1S/C14H21NO2S/c1-10(16)9-15-13-4-3-7-18-14-6-5-11(17-2)8-12(13)14/h5-6,8,10,13,15-16H,3-4,7,9H2,1-2H3/t10-,13?/m1/s1. The van der Waals surface area contributed by atoms with Crippen LogP contribution in [0.5, 0.6) is 5.75 Å². The predicted molar refractivity (Wildman–Crippen MR) is 75.4 cm³/mol. The fraction of sp³-hybridized carbons (Fsp3) is 0.571. The summed E-state index contributed by atoms with van der Waals surface area (Å²) in [6, 6.07) is 6.59. The van der Waals surface area contributed by atoms with Gasteiger partial charge in [0.25, 0.3) is 0 Å². The molecule has 4 heteroatoms. The maximum Gasteiger partial charge on any atom is 0.119 e. The normalized spacial score (nSPS) is 20.9. The third-order valence-electron chi connectivity index (χ3n) is 3.15. The van der Waals surface area contributed by atoms with E-state index < -0.39 is 0 Å². The molecule has 0 amide bonds. The summed E-state index contributed by atoms with van der Waals surface area (Å²) in [6.07, 6.45) is 1.99. The highest BCUT2D eigenvalue weighted by Gasteiger charge is 2.19. The second-order valence-corrected chi connectivity index (χ2v) is 5.84. The molecule has 0 radical (unpaired) electrons. The molecule has 0 aliphatic carbocycles. The molecular weight excluding hydrogens is 246 g/mol. The van der Waals surface area contributed by atoms with Crippen LogP contribution in [-0.4, -0.2) is 30.6 Å². The Morgan fingerprint density at radius 1 is 1.56 bits per heavy atom. The maximum atomic E-state index is 9.41. The Morgan fingerprint density at radius 3 is 3.11 bits per heavy atom. The number of rotatable bonds is 4. The van der Waals surface area contributed by atoms with Gasteiger partial charge in [-0.3, -0.25) is 0 Å². The van der Waals surface area contributed by atoms with Crippen LogP contribution in [0.4, 0.5) is 0 Å². The van der Waals surface area contributed by atoms with Gasteiger partial charge in [0, 0.05) is 17.5 Å². The minimum atomic E-state index is -0.310. The summed E-state index contributed by atoms with van der Waals surface area (Å²) in [5.41, 5.74) is 1.30. The van der Waals surface area contributed by atoms with Crippen LogP contribution < -0.4 is 10.1 Å². The molecule has 2 rings (SSSR count). The average molecular weight is 267 g/mol. The number of nitrogens with one attached hydrogen (secondary N) is 1. The van der Waals surface area contributed by atoms with E-state index in [2.05, 4.69) is 17.4 Å². The van der Waals surface area contributed by atoms with Crippen molar-refractivity contribution in [3.8, 4) is 5.75 Å². The fourth-order valence-electron chi connectivity index (χ4n) is 2.21. The quantitative estimate of drug-likeness (QED) is 0.880. The van der Waals surface area contributed by atoms with E-state index in [0.717, 1.165) is 17.9 Å². The summed E-state index contributed by atoms with van der Waals surface area (Å²) in [5.74, 6) is 2.06. The van der Waals surface area contributed by atoms with Crippen LogP contribution in [0, 0.1) is 0 Å². The van der Waals surface area contributed by atoms with Crippen LogP contribution in [0.3, 0.4) is 0 Å². The number of fused-ring (bicyclic) bond motifs is 1. The number of hydrogen-bond donors (Lipinski definition) is 2. The summed E-state index contributed by atoms with van der Waals surface area (Å²) in [7, 11) is 1.70. The third kappa shape index (κ3) is 3.40. The van der Waals surface area contributed by atoms with Gasteiger partial charge in [0.2, 0.25) is 0 Å². The van der Waals surface area contributed by atoms with Crippen LogP contribution in [0.1, 0.15) is 31.4 Å². The van der Waals surface area contributed by atoms with E-state index in [0.29, 0.717) is 12.6 Å². The topological polar surface area (TPSA) is 41.5 Å². The molecule has 0 spiro atoms. The molecule has 18 heavy (non-hydrogen) atoms. The molecule has 2 atom stereocenters. The first-order valence-corrected chi connectivity index (χ1v) is 7.41. The zero-order chi connectivity index (χ0) is 13.0. The summed E-state index contributed by atoms with van der Waals surface area (Å²) in [4.78, 5) is 1.33. The van der Waals surface area contributed by atoms with E-state index in [1.807, 2.05) is 24.8 Å². The van der Waals surface area contributed by atoms with Crippen LogP contribution in [0.25, 0.3) is 0 Å². The highest BCUT2D eigenvalue weighted by Crippen LogP contribution is 2.36. The van der Waals surface area contributed by atoms with Gasteiger partial charge in [-0.05, 0) is 49.3 Å². The zero-order valence-electron chi connectivity index (χ0n) is 11.0. The van der Waals surface area contributed by atoms with Crippen LogP contribution in [0.15, 0.2) is 23.1 Å². The highest BCUT2D eigenvalue weighted by atomic mass is 32.2. The second-order valence-electron chi connectivity index (χ2n) is 4.70. The average Bonchev–Trinajstić information content (AvgIpc) is 2.57. The van der Waals surface area contributed by atoms with E-state index >= 15 is 0 Å². The Hall–Kier alpha value is -0.710. The van der Waals surface area contributed by atoms with Crippen LogP contribution in [0.2, 0.25) is 0 Å². The molecular formula is C14H21NO2S. The van der Waals surface area contributed by atoms with Crippen molar-refractivity contribution < 1.29 is 9.84 Å². The number of thioether (sulfide) groups is 1. The van der Waals surface area contributed by atoms with Crippen molar-refractivity contribution in [1.82, 2.24) is 5.32 Å². The van der Waals surface area contributed by atoms with E-state index in [9.17, 15) is 5.11 Å². The lowest BCUT2D eigenvalue weighted by atomic mass is 10.0. The molecule has 100 valence electrons. The van der Waals surface area contributed by atoms with Gasteiger partial charge in [-0.15, -0.1) is 11.8 Å².